The Morgan fingerprint density at radius 1 is 1.40 bits per heavy atom. The molecule has 0 aliphatic heterocycles. The Labute approximate surface area is 104 Å². The molecule has 1 aliphatic carbocycles. The molecule has 0 heterocycles. The predicted octanol–water partition coefficient (Wildman–Crippen LogP) is 2.37. The maximum atomic E-state index is 11.1. The highest BCUT2D eigenvalue weighted by atomic mass is 79.9. The maximum Gasteiger partial charge on any atom is 0.320 e. The van der Waals surface area contributed by atoms with Crippen LogP contribution in [0.2, 0.25) is 0 Å². The van der Waals surface area contributed by atoms with Crippen LogP contribution in [0.4, 0.5) is 0 Å². The van der Waals surface area contributed by atoms with Gasteiger partial charge in [0, 0.05) is 6.42 Å². The standard InChI is InChI=1S/C9H10Br2O4/c1-8(6(12)13)2-5(10)3-9(11,4-8)7(14)15/h2H,3-4H2,1H3,(H,12,13)(H,14,15). The van der Waals surface area contributed by atoms with E-state index in [0.717, 1.165) is 0 Å². The van der Waals surface area contributed by atoms with Gasteiger partial charge >= 0.3 is 11.9 Å². The molecule has 1 rings (SSSR count). The number of carboxylic acid groups (broad SMARTS) is 2. The molecule has 15 heavy (non-hydrogen) atoms. The summed E-state index contributed by atoms with van der Waals surface area (Å²) in [4.78, 5) is 22.1. The van der Waals surface area contributed by atoms with Crippen LogP contribution >= 0.6 is 31.9 Å². The number of hydrogen-bond acceptors (Lipinski definition) is 2. The highest BCUT2D eigenvalue weighted by molar-refractivity contribution is 9.12. The number of allylic oxidation sites excluding steroid dienone is 1. The summed E-state index contributed by atoms with van der Waals surface area (Å²) in [5.74, 6) is -2.07. The first kappa shape index (κ1) is 12.7. The summed E-state index contributed by atoms with van der Waals surface area (Å²) in [5.41, 5.74) is -1.15. The van der Waals surface area contributed by atoms with Crippen molar-refractivity contribution in [1.82, 2.24) is 0 Å². The van der Waals surface area contributed by atoms with Crippen molar-refractivity contribution in [2.45, 2.75) is 24.1 Å². The number of hydrogen-bond donors (Lipinski definition) is 2. The third-order valence-electron chi connectivity index (χ3n) is 2.44. The molecule has 0 aromatic carbocycles. The first-order chi connectivity index (χ1) is 6.69. The summed E-state index contributed by atoms with van der Waals surface area (Å²) >= 11 is 6.29. The predicted molar refractivity (Wildman–Crippen MR) is 61.3 cm³/mol. The van der Waals surface area contributed by atoms with Gasteiger partial charge in [-0.3, -0.25) is 9.59 Å². The Bertz CT molecular complexity index is 352. The van der Waals surface area contributed by atoms with Crippen LogP contribution in [0.5, 0.6) is 0 Å². The molecule has 6 heteroatoms. The van der Waals surface area contributed by atoms with Gasteiger partial charge in [0.05, 0.1) is 5.41 Å². The van der Waals surface area contributed by atoms with Gasteiger partial charge in [0.2, 0.25) is 0 Å². The SMILES string of the molecule is CC1(C(=O)O)C=C(Br)CC(Br)(C(=O)O)C1. The minimum Gasteiger partial charge on any atom is -0.481 e. The second kappa shape index (κ2) is 3.90. The monoisotopic (exact) mass is 340 g/mol. The molecule has 0 amide bonds. The van der Waals surface area contributed by atoms with Gasteiger partial charge < -0.3 is 10.2 Å². The summed E-state index contributed by atoms with van der Waals surface area (Å²) in [5, 5.41) is 18.1. The molecule has 0 radical (unpaired) electrons. The number of aliphatic carboxylic acids is 2. The summed E-state index contributed by atoms with van der Waals surface area (Å²) in [6.07, 6.45) is 1.84. The number of carbonyl (C=O) groups is 2. The van der Waals surface area contributed by atoms with Gasteiger partial charge in [0.15, 0.2) is 0 Å². The van der Waals surface area contributed by atoms with E-state index < -0.39 is 21.7 Å². The Morgan fingerprint density at radius 2 is 1.93 bits per heavy atom. The van der Waals surface area contributed by atoms with Crippen LogP contribution in [0, 0.1) is 5.41 Å². The lowest BCUT2D eigenvalue weighted by Crippen LogP contribution is -2.43. The quantitative estimate of drug-likeness (QED) is 0.756. The van der Waals surface area contributed by atoms with Gasteiger partial charge in [-0.2, -0.15) is 0 Å². The van der Waals surface area contributed by atoms with Crippen molar-refractivity contribution in [2.24, 2.45) is 5.41 Å². The molecule has 0 aromatic heterocycles. The van der Waals surface area contributed by atoms with E-state index in [2.05, 4.69) is 31.9 Å². The average Bonchev–Trinajstić information content (AvgIpc) is 2.00. The van der Waals surface area contributed by atoms with Crippen molar-refractivity contribution in [3.8, 4) is 0 Å². The summed E-state index contributed by atoms with van der Waals surface area (Å²) in [6, 6.07) is 0. The molecule has 84 valence electrons. The topological polar surface area (TPSA) is 74.6 Å². The minimum absolute atomic E-state index is 0.0275. The van der Waals surface area contributed by atoms with Crippen molar-refractivity contribution < 1.29 is 19.8 Å². The van der Waals surface area contributed by atoms with E-state index in [0.29, 0.717) is 4.48 Å². The number of rotatable bonds is 2. The van der Waals surface area contributed by atoms with Gasteiger partial charge in [0.25, 0.3) is 0 Å². The first-order valence-electron chi connectivity index (χ1n) is 4.22. The molecule has 2 N–H and O–H groups in total. The fourth-order valence-electron chi connectivity index (χ4n) is 1.65. The van der Waals surface area contributed by atoms with Crippen LogP contribution in [0.3, 0.4) is 0 Å². The van der Waals surface area contributed by atoms with Crippen LogP contribution in [0.15, 0.2) is 10.6 Å². The van der Waals surface area contributed by atoms with Crippen molar-refractivity contribution in [3.05, 3.63) is 10.6 Å². The molecule has 0 spiro atoms. The van der Waals surface area contributed by atoms with Gasteiger partial charge in [-0.1, -0.05) is 37.9 Å². The van der Waals surface area contributed by atoms with E-state index in [9.17, 15) is 9.59 Å². The lowest BCUT2D eigenvalue weighted by molar-refractivity contribution is -0.148. The third-order valence-corrected chi connectivity index (χ3v) is 3.85. The summed E-state index contributed by atoms with van der Waals surface area (Å²) in [6.45, 7) is 1.51. The fourth-order valence-corrected chi connectivity index (χ4v) is 3.89. The molecule has 0 fully saturated rings. The van der Waals surface area contributed by atoms with E-state index in [1.807, 2.05) is 0 Å². The van der Waals surface area contributed by atoms with Crippen molar-refractivity contribution in [3.63, 3.8) is 0 Å². The van der Waals surface area contributed by atoms with E-state index in [1.54, 1.807) is 6.08 Å². The maximum absolute atomic E-state index is 11.1. The van der Waals surface area contributed by atoms with Crippen LogP contribution in [-0.2, 0) is 9.59 Å². The zero-order valence-corrected chi connectivity index (χ0v) is 11.1. The summed E-state index contributed by atoms with van der Waals surface area (Å²) < 4.78 is -0.605. The van der Waals surface area contributed by atoms with E-state index >= 15 is 0 Å². The van der Waals surface area contributed by atoms with Crippen LogP contribution in [0.25, 0.3) is 0 Å². The van der Waals surface area contributed by atoms with Gasteiger partial charge in [0.1, 0.15) is 4.32 Å². The number of halogens is 2. The molecule has 0 bridgehead atoms. The van der Waals surface area contributed by atoms with E-state index in [-0.39, 0.29) is 12.8 Å². The largest absolute Gasteiger partial charge is 0.481 e. The molecule has 2 unspecified atom stereocenters. The first-order valence-corrected chi connectivity index (χ1v) is 5.81. The second-order valence-electron chi connectivity index (χ2n) is 3.94. The van der Waals surface area contributed by atoms with Crippen LogP contribution in [0.1, 0.15) is 19.8 Å². The molecule has 4 nitrogen and oxygen atoms in total. The molecule has 2 atom stereocenters. The van der Waals surface area contributed by atoms with E-state index in [1.165, 1.54) is 6.92 Å². The van der Waals surface area contributed by atoms with Crippen molar-refractivity contribution in [1.29, 1.82) is 0 Å². The van der Waals surface area contributed by atoms with Crippen LogP contribution in [-0.4, -0.2) is 26.5 Å². The molecule has 0 saturated carbocycles. The Kier molecular flexibility index (Phi) is 3.30. The Balaban J connectivity index is 3.14. The van der Waals surface area contributed by atoms with E-state index in [4.69, 9.17) is 10.2 Å². The third kappa shape index (κ3) is 2.42. The Morgan fingerprint density at radius 3 is 2.33 bits per heavy atom. The van der Waals surface area contributed by atoms with Gasteiger partial charge in [-0.25, -0.2) is 0 Å². The Hall–Kier alpha value is -0.360. The fraction of sp³-hybridized carbons (Fsp3) is 0.556. The van der Waals surface area contributed by atoms with Crippen molar-refractivity contribution in [2.75, 3.05) is 0 Å². The molecule has 0 aromatic rings. The molecular weight excluding hydrogens is 332 g/mol. The number of alkyl halides is 1. The van der Waals surface area contributed by atoms with Crippen LogP contribution < -0.4 is 0 Å². The van der Waals surface area contributed by atoms with Crippen molar-refractivity contribution >= 4 is 43.8 Å². The normalized spacial score (nSPS) is 35.8. The zero-order chi connectivity index (χ0) is 11.9. The second-order valence-corrected chi connectivity index (χ2v) is 6.47. The molecular formula is C9H10Br2O4. The molecule has 0 saturated heterocycles. The van der Waals surface area contributed by atoms with Gasteiger partial charge in [-0.05, 0) is 17.8 Å². The lowest BCUT2D eigenvalue weighted by atomic mass is 9.75. The lowest BCUT2D eigenvalue weighted by Gasteiger charge is -2.35. The number of carboxylic acids is 2. The smallest absolute Gasteiger partial charge is 0.320 e. The highest BCUT2D eigenvalue weighted by Gasteiger charge is 2.48. The van der Waals surface area contributed by atoms with Gasteiger partial charge in [-0.15, -0.1) is 0 Å². The highest BCUT2D eigenvalue weighted by Crippen LogP contribution is 2.46. The summed E-state index contributed by atoms with van der Waals surface area (Å²) in [7, 11) is 0. The molecule has 1 aliphatic rings. The zero-order valence-electron chi connectivity index (χ0n) is 7.96. The minimum atomic E-state index is -1.20. The average molecular weight is 342 g/mol.